The summed E-state index contributed by atoms with van der Waals surface area (Å²) in [5.41, 5.74) is 0. The highest BCUT2D eigenvalue weighted by Crippen LogP contribution is 2.30. The topological polar surface area (TPSA) is 90.4 Å². The first-order valence-electron chi connectivity index (χ1n) is 9.61. The molecule has 2 rings (SSSR count). The number of hydrogen-bond acceptors (Lipinski definition) is 4. The maximum atomic E-state index is 13.0. The monoisotopic (exact) mass is 369 g/mol. The number of carboxylic acid groups (broad SMARTS) is 1. The Morgan fingerprint density at radius 3 is 2.50 bits per heavy atom. The van der Waals surface area contributed by atoms with Crippen molar-refractivity contribution in [1.29, 1.82) is 0 Å². The van der Waals surface area contributed by atoms with Crippen LogP contribution in [0.2, 0.25) is 0 Å². The number of carbonyl (C=O) groups excluding carboxylic acids is 2. The Hall–Kier alpha value is -1.83. The van der Waals surface area contributed by atoms with Gasteiger partial charge in [0.1, 0.15) is 6.04 Å². The molecule has 0 saturated carbocycles. The summed E-state index contributed by atoms with van der Waals surface area (Å²) in [4.78, 5) is 46.2. The van der Waals surface area contributed by atoms with Gasteiger partial charge in [-0.3, -0.25) is 14.4 Å². The Balaban J connectivity index is 2.34. The quantitative estimate of drug-likeness (QED) is 0.743. The van der Waals surface area contributed by atoms with Crippen LogP contribution < -0.4 is 0 Å². The number of piperazine rings is 1. The van der Waals surface area contributed by atoms with Gasteiger partial charge in [-0.1, -0.05) is 40.5 Å². The van der Waals surface area contributed by atoms with Crippen LogP contribution in [0.5, 0.6) is 0 Å². The zero-order chi connectivity index (χ0) is 19.4. The van der Waals surface area contributed by atoms with E-state index in [0.717, 1.165) is 24.3 Å². The van der Waals surface area contributed by atoms with Crippen molar-refractivity contribution < 1.29 is 24.3 Å². The summed E-state index contributed by atoms with van der Waals surface area (Å²) < 4.78 is 0. The van der Waals surface area contributed by atoms with Crippen molar-refractivity contribution in [3.63, 3.8) is 0 Å². The molecule has 2 aliphatic heterocycles. The third-order valence-electron chi connectivity index (χ3n) is 5.05. The minimum Gasteiger partial charge on any atom is -0.463 e. The lowest BCUT2D eigenvalue weighted by molar-refractivity contribution is -0.265. The predicted octanol–water partition coefficient (Wildman–Crippen LogP) is 2.29. The lowest BCUT2D eigenvalue weighted by atomic mass is 9.99. The highest BCUT2D eigenvalue weighted by molar-refractivity contribution is 5.91. The first-order valence-corrected chi connectivity index (χ1v) is 9.61. The van der Waals surface area contributed by atoms with Crippen LogP contribution in [0.15, 0.2) is 0 Å². The summed E-state index contributed by atoms with van der Waals surface area (Å²) in [6, 6.07) is -0.617. The molecule has 0 bridgehead atoms. The largest absolute Gasteiger partial charge is 0.463 e. The molecule has 0 aromatic rings. The number of amides is 3. The average molecular weight is 369 g/mol. The van der Waals surface area contributed by atoms with Crippen LogP contribution in [-0.2, 0) is 14.4 Å². The SMILES string of the molecule is CCCC[C@H]1C(=O)N(CCC(C)C)CC2N(C(=O)O)O[C@H](CC)C(=O)N21. The number of unbranched alkanes of at least 4 members (excludes halogenated alkanes) is 1. The summed E-state index contributed by atoms with van der Waals surface area (Å²) in [6.45, 7) is 8.67. The number of carbonyl (C=O) groups is 3. The number of nitrogens with zero attached hydrogens (tertiary/aromatic N) is 3. The minimum absolute atomic E-state index is 0.0780. The Morgan fingerprint density at radius 1 is 1.27 bits per heavy atom. The Morgan fingerprint density at radius 2 is 1.96 bits per heavy atom. The molecule has 2 fully saturated rings. The minimum atomic E-state index is -1.24. The van der Waals surface area contributed by atoms with Gasteiger partial charge in [0.05, 0.1) is 6.54 Å². The molecule has 3 atom stereocenters. The second kappa shape index (κ2) is 8.70. The number of fused-ring (bicyclic) bond motifs is 1. The summed E-state index contributed by atoms with van der Waals surface area (Å²) in [7, 11) is 0. The van der Waals surface area contributed by atoms with Gasteiger partial charge in [-0.15, -0.1) is 0 Å². The Labute approximate surface area is 155 Å². The smallest absolute Gasteiger partial charge is 0.433 e. The van der Waals surface area contributed by atoms with Gasteiger partial charge in [-0.2, -0.15) is 5.06 Å². The van der Waals surface area contributed by atoms with Crippen molar-refractivity contribution in [2.24, 2.45) is 5.92 Å². The molecule has 2 aliphatic rings. The highest BCUT2D eigenvalue weighted by Gasteiger charge is 2.52. The van der Waals surface area contributed by atoms with Gasteiger partial charge in [-0.25, -0.2) is 4.79 Å². The summed E-state index contributed by atoms with van der Waals surface area (Å²) in [6.07, 6.45) is 0.554. The van der Waals surface area contributed by atoms with Gasteiger partial charge in [0, 0.05) is 6.54 Å². The molecule has 3 amide bonds. The van der Waals surface area contributed by atoms with Crippen molar-refractivity contribution in [1.82, 2.24) is 14.9 Å². The number of rotatable bonds is 7. The number of hydroxylamine groups is 2. The van der Waals surface area contributed by atoms with E-state index >= 15 is 0 Å². The molecule has 2 saturated heterocycles. The van der Waals surface area contributed by atoms with Crippen molar-refractivity contribution in [3.05, 3.63) is 0 Å². The first-order chi connectivity index (χ1) is 12.3. The predicted molar refractivity (Wildman–Crippen MR) is 95.0 cm³/mol. The molecular formula is C18H31N3O5. The Bertz CT molecular complexity index is 539. The summed E-state index contributed by atoms with van der Waals surface area (Å²) in [5.74, 6) is 0.0676. The van der Waals surface area contributed by atoms with E-state index in [9.17, 15) is 19.5 Å². The summed E-state index contributed by atoms with van der Waals surface area (Å²) >= 11 is 0. The zero-order valence-electron chi connectivity index (χ0n) is 16.2. The number of hydrogen-bond donors (Lipinski definition) is 1. The zero-order valence-corrected chi connectivity index (χ0v) is 16.2. The van der Waals surface area contributed by atoms with Crippen LogP contribution in [0.3, 0.4) is 0 Å². The van der Waals surface area contributed by atoms with Crippen LogP contribution in [-0.4, -0.2) is 69.3 Å². The molecule has 0 aromatic carbocycles. The van der Waals surface area contributed by atoms with E-state index in [0.29, 0.717) is 25.3 Å². The van der Waals surface area contributed by atoms with Gasteiger partial charge < -0.3 is 14.9 Å². The molecule has 1 N–H and O–H groups in total. The molecule has 0 spiro atoms. The highest BCUT2D eigenvalue weighted by atomic mass is 16.7. The normalized spacial score (nSPS) is 26.5. The standard InChI is InChI=1S/C18H31N3O5/c1-5-7-8-13-16(22)19(10-9-12(3)4)11-15-20(13)17(23)14(6-2)26-21(15)18(24)25/h12-15H,5-11H2,1-4H3,(H,24,25)/t13-,14+,15?/m0/s1. The van der Waals surface area contributed by atoms with Crippen LogP contribution >= 0.6 is 0 Å². The second-order valence-corrected chi connectivity index (χ2v) is 7.46. The van der Waals surface area contributed by atoms with E-state index in [2.05, 4.69) is 13.8 Å². The van der Waals surface area contributed by atoms with Gasteiger partial charge in [-0.05, 0) is 25.2 Å². The molecule has 8 nitrogen and oxygen atoms in total. The first kappa shape index (κ1) is 20.5. The van der Waals surface area contributed by atoms with E-state index < -0.39 is 24.4 Å². The molecular weight excluding hydrogens is 338 g/mol. The van der Waals surface area contributed by atoms with Gasteiger partial charge >= 0.3 is 6.09 Å². The third kappa shape index (κ3) is 4.11. The fourth-order valence-corrected chi connectivity index (χ4v) is 3.52. The molecule has 0 radical (unpaired) electrons. The van der Waals surface area contributed by atoms with Crippen molar-refractivity contribution in [2.45, 2.75) is 78.1 Å². The fourth-order valence-electron chi connectivity index (χ4n) is 3.52. The third-order valence-corrected chi connectivity index (χ3v) is 5.05. The molecule has 0 aromatic heterocycles. The van der Waals surface area contributed by atoms with Crippen LogP contribution in [0.25, 0.3) is 0 Å². The van der Waals surface area contributed by atoms with E-state index in [1.807, 2.05) is 6.92 Å². The van der Waals surface area contributed by atoms with Gasteiger partial charge in [0.25, 0.3) is 5.91 Å². The Kier molecular flexibility index (Phi) is 6.86. The molecule has 0 aliphatic carbocycles. The lowest BCUT2D eigenvalue weighted by Crippen LogP contribution is -2.73. The maximum Gasteiger partial charge on any atom is 0.433 e. The molecule has 148 valence electrons. The summed E-state index contributed by atoms with van der Waals surface area (Å²) in [5, 5.41) is 10.4. The van der Waals surface area contributed by atoms with E-state index in [4.69, 9.17) is 4.84 Å². The molecule has 2 heterocycles. The van der Waals surface area contributed by atoms with Crippen LogP contribution in [0.4, 0.5) is 4.79 Å². The maximum absolute atomic E-state index is 13.0. The average Bonchev–Trinajstić information content (AvgIpc) is 2.59. The second-order valence-electron chi connectivity index (χ2n) is 7.46. The van der Waals surface area contributed by atoms with Crippen LogP contribution in [0, 0.1) is 5.92 Å². The fraction of sp³-hybridized carbons (Fsp3) is 0.833. The van der Waals surface area contributed by atoms with E-state index in [1.165, 1.54) is 4.90 Å². The van der Waals surface area contributed by atoms with Crippen molar-refractivity contribution in [3.8, 4) is 0 Å². The molecule has 8 heteroatoms. The molecule has 1 unspecified atom stereocenters. The van der Waals surface area contributed by atoms with Gasteiger partial charge in [0.2, 0.25) is 5.91 Å². The molecule has 26 heavy (non-hydrogen) atoms. The van der Waals surface area contributed by atoms with Crippen LogP contribution in [0.1, 0.15) is 59.8 Å². The van der Waals surface area contributed by atoms with Crippen molar-refractivity contribution >= 4 is 17.9 Å². The lowest BCUT2D eigenvalue weighted by Gasteiger charge is -2.52. The van der Waals surface area contributed by atoms with E-state index in [1.54, 1.807) is 11.8 Å². The van der Waals surface area contributed by atoms with E-state index in [-0.39, 0.29) is 18.4 Å². The van der Waals surface area contributed by atoms with Gasteiger partial charge in [0.15, 0.2) is 12.3 Å². The van der Waals surface area contributed by atoms with Crippen molar-refractivity contribution in [2.75, 3.05) is 13.1 Å².